The smallest absolute Gasteiger partial charge is 0.317 e. The van der Waals surface area contributed by atoms with Gasteiger partial charge < -0.3 is 20.1 Å². The van der Waals surface area contributed by atoms with Crippen LogP contribution >= 0.6 is 0 Å². The zero-order valence-corrected chi connectivity index (χ0v) is 12.0. The van der Waals surface area contributed by atoms with Crippen molar-refractivity contribution in [3.05, 3.63) is 23.8 Å². The summed E-state index contributed by atoms with van der Waals surface area (Å²) in [5.74, 6) is 0.378. The topological polar surface area (TPSA) is 85.6 Å². The third-order valence-electron chi connectivity index (χ3n) is 3.58. The molecule has 1 fully saturated rings. The monoisotopic (exact) mass is 289 g/mol. The fourth-order valence-electron chi connectivity index (χ4n) is 2.39. The van der Waals surface area contributed by atoms with E-state index in [1.54, 1.807) is 17.0 Å². The van der Waals surface area contributed by atoms with E-state index in [-0.39, 0.29) is 17.7 Å². The number of nitrogens with one attached hydrogen (secondary N) is 1. The van der Waals surface area contributed by atoms with E-state index in [1.165, 1.54) is 13.2 Å². The van der Waals surface area contributed by atoms with Crippen LogP contribution in [0.2, 0.25) is 0 Å². The summed E-state index contributed by atoms with van der Waals surface area (Å²) in [5.41, 5.74) is 0.840. The van der Waals surface area contributed by atoms with E-state index >= 15 is 0 Å². The predicted molar refractivity (Wildman–Crippen MR) is 76.8 cm³/mol. The van der Waals surface area contributed by atoms with E-state index in [0.29, 0.717) is 25.4 Å². The molecule has 2 amide bonds. The van der Waals surface area contributed by atoms with Gasteiger partial charge in [0.2, 0.25) is 0 Å². The van der Waals surface area contributed by atoms with Crippen LogP contribution in [0.3, 0.4) is 0 Å². The molecule has 1 unspecified atom stereocenters. The summed E-state index contributed by atoms with van der Waals surface area (Å²) in [5, 5.41) is 21.3. The second-order valence-corrected chi connectivity index (χ2v) is 5.08. The Morgan fingerprint density at radius 1 is 1.62 bits per heavy atom. The molecule has 1 aromatic rings. The van der Waals surface area contributed by atoms with Gasteiger partial charge in [-0.25, -0.2) is 4.79 Å². The van der Waals surface area contributed by atoms with Crippen LogP contribution in [0, 0.1) is 17.2 Å². The van der Waals surface area contributed by atoms with Gasteiger partial charge in [0.1, 0.15) is 0 Å². The number of nitrogens with zero attached hydrogens (tertiary/aromatic N) is 2. The summed E-state index contributed by atoms with van der Waals surface area (Å²) >= 11 is 0. The number of hydrogen-bond donors (Lipinski definition) is 2. The van der Waals surface area contributed by atoms with Gasteiger partial charge in [-0.2, -0.15) is 5.26 Å². The molecule has 6 nitrogen and oxygen atoms in total. The van der Waals surface area contributed by atoms with Crippen LogP contribution in [0.5, 0.6) is 11.5 Å². The summed E-state index contributed by atoms with van der Waals surface area (Å²) in [6.45, 7) is 1.52. The molecule has 6 heteroatoms. The number of aromatic hydroxyl groups is 1. The van der Waals surface area contributed by atoms with Crippen LogP contribution in [-0.2, 0) is 6.54 Å². The molecule has 1 atom stereocenters. The van der Waals surface area contributed by atoms with Gasteiger partial charge in [0.15, 0.2) is 11.5 Å². The molecule has 0 aromatic heterocycles. The third kappa shape index (κ3) is 3.78. The molecule has 112 valence electrons. The molecule has 1 aromatic carbocycles. The first-order chi connectivity index (χ1) is 10.1. The third-order valence-corrected chi connectivity index (χ3v) is 3.58. The highest BCUT2D eigenvalue weighted by Crippen LogP contribution is 2.26. The zero-order valence-electron chi connectivity index (χ0n) is 12.0. The number of rotatable bonds is 3. The maximum Gasteiger partial charge on any atom is 0.317 e. The van der Waals surface area contributed by atoms with Gasteiger partial charge in [0, 0.05) is 19.6 Å². The van der Waals surface area contributed by atoms with Crippen LogP contribution in [0.1, 0.15) is 18.4 Å². The molecule has 0 spiro atoms. The number of phenolic OH excluding ortho intramolecular Hbond substituents is 1. The van der Waals surface area contributed by atoms with Crippen molar-refractivity contribution in [3.8, 4) is 17.6 Å². The van der Waals surface area contributed by atoms with Crippen LogP contribution in [0.4, 0.5) is 4.79 Å². The lowest BCUT2D eigenvalue weighted by Gasteiger charge is -2.29. The first kappa shape index (κ1) is 15.0. The number of likely N-dealkylation sites (tertiary alicyclic amines) is 1. The number of ether oxygens (including phenoxy) is 1. The average Bonchev–Trinajstić information content (AvgIpc) is 2.53. The Bertz CT molecular complexity index is 554. The molecule has 2 N–H and O–H groups in total. The minimum atomic E-state index is -0.165. The highest BCUT2D eigenvalue weighted by Gasteiger charge is 2.23. The van der Waals surface area contributed by atoms with Crippen molar-refractivity contribution in [3.63, 3.8) is 0 Å². The van der Waals surface area contributed by atoms with E-state index in [1.807, 2.05) is 0 Å². The minimum Gasteiger partial charge on any atom is -0.504 e. The van der Waals surface area contributed by atoms with E-state index in [0.717, 1.165) is 18.4 Å². The van der Waals surface area contributed by atoms with E-state index in [2.05, 4.69) is 11.4 Å². The zero-order chi connectivity index (χ0) is 15.2. The SMILES string of the molecule is COc1cc(CNC(=O)N2CCCC(C#N)C2)ccc1O. The molecular weight excluding hydrogens is 270 g/mol. The number of amides is 2. The summed E-state index contributed by atoms with van der Waals surface area (Å²) in [6, 6.07) is 7.00. The van der Waals surface area contributed by atoms with Crippen LogP contribution in [-0.4, -0.2) is 36.2 Å². The van der Waals surface area contributed by atoms with Gasteiger partial charge in [-0.15, -0.1) is 0 Å². The number of nitriles is 1. The maximum absolute atomic E-state index is 12.1. The van der Waals surface area contributed by atoms with Crippen molar-refractivity contribution in [2.75, 3.05) is 20.2 Å². The first-order valence-corrected chi connectivity index (χ1v) is 6.92. The quantitative estimate of drug-likeness (QED) is 0.889. The van der Waals surface area contributed by atoms with E-state index in [4.69, 9.17) is 10.00 Å². The Labute approximate surface area is 123 Å². The van der Waals surface area contributed by atoms with Gasteiger partial charge >= 0.3 is 6.03 Å². The fraction of sp³-hybridized carbons (Fsp3) is 0.467. The lowest BCUT2D eigenvalue weighted by Crippen LogP contribution is -2.45. The number of urea groups is 1. The number of piperidine rings is 1. The Balaban J connectivity index is 1.90. The van der Waals surface area contributed by atoms with Gasteiger partial charge in [0.05, 0.1) is 19.1 Å². The predicted octanol–water partition coefficient (Wildman–Crippen LogP) is 1.85. The lowest BCUT2D eigenvalue weighted by atomic mass is 10.0. The highest BCUT2D eigenvalue weighted by molar-refractivity contribution is 5.74. The molecule has 0 bridgehead atoms. The van der Waals surface area contributed by atoms with Crippen LogP contribution < -0.4 is 10.1 Å². The summed E-state index contributed by atoms with van der Waals surface area (Å²) < 4.78 is 5.03. The number of benzene rings is 1. The van der Waals surface area contributed by atoms with Gasteiger partial charge in [-0.3, -0.25) is 0 Å². The molecule has 0 radical (unpaired) electrons. The average molecular weight is 289 g/mol. The number of hydrogen-bond acceptors (Lipinski definition) is 4. The number of phenols is 1. The molecule has 2 rings (SSSR count). The minimum absolute atomic E-state index is 0.0699. The van der Waals surface area contributed by atoms with Crippen molar-refractivity contribution in [2.24, 2.45) is 5.92 Å². The van der Waals surface area contributed by atoms with Crippen molar-refractivity contribution in [1.29, 1.82) is 5.26 Å². The number of carbonyl (C=O) groups excluding carboxylic acids is 1. The van der Waals surface area contributed by atoms with E-state index in [9.17, 15) is 9.90 Å². The van der Waals surface area contributed by atoms with Gasteiger partial charge in [0.25, 0.3) is 0 Å². The van der Waals surface area contributed by atoms with Gasteiger partial charge in [-0.05, 0) is 30.5 Å². The Hall–Kier alpha value is -2.42. The molecule has 1 aliphatic rings. The normalized spacial score (nSPS) is 17.9. The molecule has 1 heterocycles. The fourth-order valence-corrected chi connectivity index (χ4v) is 2.39. The first-order valence-electron chi connectivity index (χ1n) is 6.92. The Morgan fingerprint density at radius 2 is 2.43 bits per heavy atom. The largest absolute Gasteiger partial charge is 0.504 e. The maximum atomic E-state index is 12.1. The molecular formula is C15H19N3O3. The van der Waals surface area contributed by atoms with Crippen molar-refractivity contribution in [2.45, 2.75) is 19.4 Å². The Kier molecular flexibility index (Phi) is 4.88. The summed E-state index contributed by atoms with van der Waals surface area (Å²) in [4.78, 5) is 13.8. The summed E-state index contributed by atoms with van der Waals surface area (Å²) in [6.07, 6.45) is 1.72. The number of carbonyl (C=O) groups is 1. The van der Waals surface area contributed by atoms with Gasteiger partial charge in [-0.1, -0.05) is 6.07 Å². The molecule has 0 saturated carbocycles. The van der Waals surface area contributed by atoms with Crippen molar-refractivity contribution in [1.82, 2.24) is 10.2 Å². The lowest BCUT2D eigenvalue weighted by molar-refractivity contribution is 0.176. The van der Waals surface area contributed by atoms with Crippen LogP contribution in [0.15, 0.2) is 18.2 Å². The van der Waals surface area contributed by atoms with Crippen LogP contribution in [0.25, 0.3) is 0 Å². The molecule has 21 heavy (non-hydrogen) atoms. The molecule has 1 aliphatic heterocycles. The van der Waals surface area contributed by atoms with Crippen molar-refractivity contribution >= 4 is 6.03 Å². The second kappa shape index (κ2) is 6.84. The summed E-state index contributed by atoms with van der Waals surface area (Å²) in [7, 11) is 1.48. The molecule has 0 aliphatic carbocycles. The molecule has 1 saturated heterocycles. The highest BCUT2D eigenvalue weighted by atomic mass is 16.5. The Morgan fingerprint density at radius 3 is 3.14 bits per heavy atom. The number of methoxy groups -OCH3 is 1. The second-order valence-electron chi connectivity index (χ2n) is 5.08. The van der Waals surface area contributed by atoms with Crippen molar-refractivity contribution < 1.29 is 14.6 Å². The van der Waals surface area contributed by atoms with E-state index < -0.39 is 0 Å². The standard InChI is InChI=1S/C15H19N3O3/c1-21-14-7-11(4-5-13(14)19)9-17-15(20)18-6-2-3-12(8-16)10-18/h4-5,7,12,19H,2-3,6,9-10H2,1H3,(H,17,20).